The highest BCUT2D eigenvalue weighted by Gasteiger charge is 2.26. The smallest absolute Gasteiger partial charge is 0.423 e. The molecule has 0 aromatic heterocycles. The van der Waals surface area contributed by atoms with E-state index in [9.17, 15) is 4.21 Å². The zero-order chi connectivity index (χ0) is 11.6. The molecule has 0 fully saturated rings. The van der Waals surface area contributed by atoms with Gasteiger partial charge in [-0.3, -0.25) is 4.55 Å². The summed E-state index contributed by atoms with van der Waals surface area (Å²) < 4.78 is 19.9. The molecule has 0 radical (unpaired) electrons. The van der Waals surface area contributed by atoms with Crippen molar-refractivity contribution in [3.05, 3.63) is 24.3 Å². The highest BCUT2D eigenvalue weighted by molar-refractivity contribution is 7.78. The highest BCUT2D eigenvalue weighted by atomic mass is 32.2. The average molecular weight is 230 g/mol. The number of hydrogen-bond acceptors (Lipinski definition) is 3. The first-order valence-corrected chi connectivity index (χ1v) is 5.34. The predicted octanol–water partition coefficient (Wildman–Crippen LogP) is -0.930. The number of nitrogens with zero attached hydrogens (tertiary/aromatic N) is 1. The van der Waals surface area contributed by atoms with E-state index in [4.69, 9.17) is 14.6 Å². The first-order valence-electron chi connectivity index (χ1n) is 4.28. The van der Waals surface area contributed by atoms with Gasteiger partial charge in [-0.1, -0.05) is 12.1 Å². The van der Waals surface area contributed by atoms with Crippen LogP contribution in [0.4, 0.5) is 5.69 Å². The first-order chi connectivity index (χ1) is 6.85. The minimum absolute atomic E-state index is 0.193. The third kappa shape index (κ3) is 2.64. The van der Waals surface area contributed by atoms with Crippen molar-refractivity contribution < 1.29 is 18.8 Å². The van der Waals surface area contributed by atoms with Crippen LogP contribution in [0.1, 0.15) is 0 Å². The molecule has 3 N–H and O–H groups in total. The Bertz CT molecular complexity index is 365. The molecule has 0 amide bonds. The fraction of sp³-hybridized carbons (Fsp3) is 0.250. The van der Waals surface area contributed by atoms with E-state index in [1.54, 1.807) is 26.2 Å². The molecular formula is C8H13BNO4S+. The summed E-state index contributed by atoms with van der Waals surface area (Å²) in [5.74, 6) is 0. The minimum Gasteiger partial charge on any atom is -0.423 e. The Kier molecular flexibility index (Phi) is 3.64. The molecule has 0 aliphatic carbocycles. The Hall–Kier alpha value is -0.725. The summed E-state index contributed by atoms with van der Waals surface area (Å²) in [6.45, 7) is 0. The van der Waals surface area contributed by atoms with E-state index in [0.717, 1.165) is 0 Å². The van der Waals surface area contributed by atoms with Crippen LogP contribution < -0.4 is 9.35 Å². The van der Waals surface area contributed by atoms with Crippen LogP contribution in [0.2, 0.25) is 0 Å². The molecule has 1 aromatic rings. The van der Waals surface area contributed by atoms with E-state index in [1.807, 2.05) is 0 Å². The Morgan fingerprint density at radius 2 is 1.67 bits per heavy atom. The highest BCUT2D eigenvalue weighted by Crippen LogP contribution is 2.18. The number of hydrogen-bond donors (Lipinski definition) is 3. The molecular weight excluding hydrogens is 217 g/mol. The standard InChI is InChI=1S/C8H12BNO4S/c1-10(2,15(13)14)8-5-3-7(4-6-8)9(11)12/h3-6,11-12H,1-2H3/p+1. The maximum absolute atomic E-state index is 11.0. The summed E-state index contributed by atoms with van der Waals surface area (Å²) in [7, 11) is 1.65. The van der Waals surface area contributed by atoms with Gasteiger partial charge < -0.3 is 10.0 Å². The molecule has 1 rings (SSSR count). The van der Waals surface area contributed by atoms with E-state index in [0.29, 0.717) is 11.2 Å². The normalized spacial score (nSPS) is 13.7. The molecule has 1 aromatic carbocycles. The van der Waals surface area contributed by atoms with Gasteiger partial charge in [0.25, 0.3) is 0 Å². The third-order valence-corrected chi connectivity index (χ3v) is 3.20. The minimum atomic E-state index is -2.03. The molecule has 0 bridgehead atoms. The molecule has 0 heterocycles. The van der Waals surface area contributed by atoms with Crippen LogP contribution in [0, 0.1) is 0 Å². The van der Waals surface area contributed by atoms with Gasteiger partial charge in [-0.2, -0.15) is 8.10 Å². The van der Waals surface area contributed by atoms with Gasteiger partial charge in [0.1, 0.15) is 5.69 Å². The third-order valence-electron chi connectivity index (χ3n) is 2.20. The fourth-order valence-electron chi connectivity index (χ4n) is 1.10. The summed E-state index contributed by atoms with van der Waals surface area (Å²) in [6, 6.07) is 6.19. The van der Waals surface area contributed by atoms with Crippen molar-refractivity contribution >= 4 is 29.5 Å². The average Bonchev–Trinajstić information content (AvgIpc) is 2.17. The van der Waals surface area contributed by atoms with Gasteiger partial charge in [-0.25, -0.2) is 0 Å². The second-order valence-corrected chi connectivity index (χ2v) is 4.92. The molecule has 0 saturated heterocycles. The zero-order valence-corrected chi connectivity index (χ0v) is 9.31. The van der Waals surface area contributed by atoms with Crippen LogP contribution in [-0.4, -0.2) is 40.0 Å². The monoisotopic (exact) mass is 230 g/mol. The second kappa shape index (κ2) is 4.42. The number of rotatable bonds is 3. The SMILES string of the molecule is C[N+](C)(c1ccc(B(O)O)cc1)S(=O)O. The molecule has 1 atom stereocenters. The maximum atomic E-state index is 11.0. The molecule has 1 unspecified atom stereocenters. The molecule has 5 nitrogen and oxygen atoms in total. The van der Waals surface area contributed by atoms with Gasteiger partial charge >= 0.3 is 18.4 Å². The topological polar surface area (TPSA) is 77.8 Å². The lowest BCUT2D eigenvalue weighted by molar-refractivity contribution is 0.426. The molecule has 0 aliphatic rings. The Labute approximate surface area is 91.1 Å². The van der Waals surface area contributed by atoms with Crippen molar-refractivity contribution in [1.29, 1.82) is 0 Å². The Morgan fingerprint density at radius 3 is 2.00 bits per heavy atom. The van der Waals surface area contributed by atoms with Crippen molar-refractivity contribution in [1.82, 2.24) is 3.89 Å². The van der Waals surface area contributed by atoms with Gasteiger partial charge in [0, 0.05) is 0 Å². The quantitative estimate of drug-likeness (QED) is 0.356. The second-order valence-electron chi connectivity index (χ2n) is 3.55. The Morgan fingerprint density at radius 1 is 1.20 bits per heavy atom. The zero-order valence-electron chi connectivity index (χ0n) is 8.49. The molecule has 7 heteroatoms. The number of quaternary nitrogens is 1. The first kappa shape index (κ1) is 12.3. The van der Waals surface area contributed by atoms with Crippen LogP contribution in [0.25, 0.3) is 0 Å². The summed E-state index contributed by atoms with van der Waals surface area (Å²) in [4.78, 5) is 0. The summed E-state index contributed by atoms with van der Waals surface area (Å²) in [6.07, 6.45) is 0. The van der Waals surface area contributed by atoms with Crippen molar-refractivity contribution in [3.8, 4) is 0 Å². The van der Waals surface area contributed by atoms with Crippen molar-refractivity contribution in [2.45, 2.75) is 0 Å². The van der Waals surface area contributed by atoms with Crippen molar-refractivity contribution in [2.24, 2.45) is 0 Å². The van der Waals surface area contributed by atoms with Crippen molar-refractivity contribution in [3.63, 3.8) is 0 Å². The lowest BCUT2D eigenvalue weighted by Crippen LogP contribution is -2.42. The molecule has 15 heavy (non-hydrogen) atoms. The summed E-state index contributed by atoms with van der Waals surface area (Å²) in [5.41, 5.74) is 0.961. The summed E-state index contributed by atoms with van der Waals surface area (Å²) >= 11 is -2.03. The van der Waals surface area contributed by atoms with E-state index >= 15 is 0 Å². The van der Waals surface area contributed by atoms with Crippen LogP contribution in [-0.2, 0) is 11.3 Å². The van der Waals surface area contributed by atoms with Crippen LogP contribution in [0.3, 0.4) is 0 Å². The van der Waals surface area contributed by atoms with Gasteiger partial charge in [0.15, 0.2) is 0 Å². The van der Waals surface area contributed by atoms with E-state index in [-0.39, 0.29) is 3.89 Å². The maximum Gasteiger partial charge on any atom is 0.488 e. The van der Waals surface area contributed by atoms with Crippen LogP contribution >= 0.6 is 0 Å². The largest absolute Gasteiger partial charge is 0.488 e. The van der Waals surface area contributed by atoms with Crippen molar-refractivity contribution in [2.75, 3.05) is 14.1 Å². The molecule has 0 saturated carbocycles. The van der Waals surface area contributed by atoms with Gasteiger partial charge in [0.2, 0.25) is 0 Å². The fourth-order valence-corrected chi connectivity index (χ4v) is 1.40. The number of benzene rings is 1. The van der Waals surface area contributed by atoms with E-state index in [1.165, 1.54) is 12.1 Å². The lowest BCUT2D eigenvalue weighted by atomic mass is 9.80. The van der Waals surface area contributed by atoms with Gasteiger partial charge in [-0.15, -0.1) is 0 Å². The van der Waals surface area contributed by atoms with Gasteiger partial charge in [0.05, 0.1) is 14.1 Å². The Balaban J connectivity index is 3.04. The van der Waals surface area contributed by atoms with Gasteiger partial charge in [-0.05, 0) is 17.6 Å². The molecule has 0 aliphatic heterocycles. The van der Waals surface area contributed by atoms with Crippen LogP contribution in [0.15, 0.2) is 24.3 Å². The summed E-state index contributed by atoms with van der Waals surface area (Å²) in [5, 5.41) is 17.7. The molecule has 82 valence electrons. The van der Waals surface area contributed by atoms with E-state index < -0.39 is 18.4 Å². The van der Waals surface area contributed by atoms with Crippen LogP contribution in [0.5, 0.6) is 0 Å². The predicted molar refractivity (Wildman–Crippen MR) is 60.7 cm³/mol. The molecule has 0 spiro atoms. The van der Waals surface area contributed by atoms with E-state index in [2.05, 4.69) is 0 Å². The lowest BCUT2D eigenvalue weighted by Gasteiger charge is -2.22.